The van der Waals surface area contributed by atoms with E-state index in [0.29, 0.717) is 6.42 Å². The van der Waals surface area contributed by atoms with Crippen LogP contribution in [0.15, 0.2) is 4.90 Å². The van der Waals surface area contributed by atoms with E-state index in [9.17, 15) is 21.6 Å². The van der Waals surface area contributed by atoms with Gasteiger partial charge in [-0.3, -0.25) is 9.42 Å². The Hall–Kier alpha value is -1.13. The molecule has 1 aromatic heterocycles. The first-order chi connectivity index (χ1) is 9.10. The van der Waals surface area contributed by atoms with Crippen LogP contribution in [0.1, 0.15) is 25.2 Å². The molecule has 10 heteroatoms. The highest BCUT2D eigenvalue weighted by Crippen LogP contribution is 2.21. The minimum Gasteiger partial charge on any atom is -0.290 e. The van der Waals surface area contributed by atoms with Crippen LogP contribution in [0.2, 0.25) is 0 Å². The maximum absolute atomic E-state index is 11.9. The number of primary sulfonamides is 1. The number of nitrogens with zero attached hydrogens (tertiary/aromatic N) is 2. The van der Waals surface area contributed by atoms with Crippen LogP contribution in [-0.4, -0.2) is 31.2 Å². The van der Waals surface area contributed by atoms with Gasteiger partial charge in [0.2, 0.25) is 10.0 Å². The number of sulfonamides is 1. The lowest BCUT2D eigenvalue weighted by Gasteiger charge is -2.09. The number of aryl methyl sites for hydroxylation is 1. The van der Waals surface area contributed by atoms with Crippen LogP contribution in [0, 0.1) is 0 Å². The van der Waals surface area contributed by atoms with Crippen molar-refractivity contribution in [3.8, 4) is 0 Å². The molecule has 1 heterocycles. The average Bonchev–Trinajstić information content (AvgIpc) is 2.65. The van der Waals surface area contributed by atoms with Crippen molar-refractivity contribution >= 4 is 10.0 Å². The Labute approximate surface area is 114 Å². The Bertz CT molecular complexity index is 566. The molecule has 0 saturated carbocycles. The van der Waals surface area contributed by atoms with Gasteiger partial charge in [0.05, 0.1) is 24.5 Å². The lowest BCUT2D eigenvalue weighted by Crippen LogP contribution is -2.19. The highest BCUT2D eigenvalue weighted by atomic mass is 32.2. The molecule has 20 heavy (non-hydrogen) atoms. The fourth-order valence-corrected chi connectivity index (χ4v) is 2.96. The second-order valence-corrected chi connectivity index (χ2v) is 5.49. The van der Waals surface area contributed by atoms with Crippen LogP contribution in [0.3, 0.4) is 0 Å². The van der Waals surface area contributed by atoms with Gasteiger partial charge in [-0.15, -0.1) is 13.2 Å². The average molecular weight is 315 g/mol. The number of hydrogen-bond donors (Lipinski definition) is 1. The smallest absolute Gasteiger partial charge is 0.290 e. The third-order valence-electron chi connectivity index (χ3n) is 2.60. The predicted molar refractivity (Wildman–Crippen MR) is 64.4 cm³/mol. The SMILES string of the molecule is CCc1nn(CCOC(F)(F)F)c(CC)c1S(N)(=O)=O. The third-order valence-corrected chi connectivity index (χ3v) is 3.64. The van der Waals surface area contributed by atoms with Crippen molar-refractivity contribution in [1.82, 2.24) is 9.78 Å². The molecule has 0 aliphatic carbocycles. The second kappa shape index (κ2) is 6.10. The zero-order chi connectivity index (χ0) is 15.6. The number of alkyl halides is 3. The molecule has 0 aliphatic rings. The molecule has 0 spiro atoms. The zero-order valence-corrected chi connectivity index (χ0v) is 11.9. The van der Waals surface area contributed by atoms with Gasteiger partial charge in [-0.1, -0.05) is 13.8 Å². The van der Waals surface area contributed by atoms with Crippen molar-refractivity contribution in [2.45, 2.75) is 44.5 Å². The molecule has 0 aliphatic heterocycles. The Kier molecular flexibility index (Phi) is 5.16. The van der Waals surface area contributed by atoms with Crippen LogP contribution in [-0.2, 0) is 34.1 Å². The van der Waals surface area contributed by atoms with E-state index in [0.717, 1.165) is 0 Å². The van der Waals surface area contributed by atoms with Crippen LogP contribution < -0.4 is 5.14 Å². The maximum atomic E-state index is 11.9. The van der Waals surface area contributed by atoms with E-state index in [1.165, 1.54) is 4.68 Å². The molecule has 1 rings (SSSR count). The van der Waals surface area contributed by atoms with E-state index in [4.69, 9.17) is 5.14 Å². The van der Waals surface area contributed by atoms with E-state index in [1.54, 1.807) is 13.8 Å². The van der Waals surface area contributed by atoms with E-state index < -0.39 is 23.0 Å². The van der Waals surface area contributed by atoms with Gasteiger partial charge < -0.3 is 0 Å². The van der Waals surface area contributed by atoms with E-state index in [1.807, 2.05) is 0 Å². The van der Waals surface area contributed by atoms with Crippen molar-refractivity contribution in [2.75, 3.05) is 6.61 Å². The summed E-state index contributed by atoms with van der Waals surface area (Å²) < 4.78 is 63.7. The number of ether oxygens (including phenoxy) is 1. The summed E-state index contributed by atoms with van der Waals surface area (Å²) >= 11 is 0. The summed E-state index contributed by atoms with van der Waals surface area (Å²) in [7, 11) is -3.97. The molecule has 116 valence electrons. The normalized spacial score (nSPS) is 12.9. The fourth-order valence-electron chi connectivity index (χ4n) is 1.87. The van der Waals surface area contributed by atoms with Crippen molar-refractivity contribution in [3.63, 3.8) is 0 Å². The van der Waals surface area contributed by atoms with Crippen LogP contribution in [0.5, 0.6) is 0 Å². The topological polar surface area (TPSA) is 87.2 Å². The van der Waals surface area contributed by atoms with Gasteiger partial charge >= 0.3 is 6.36 Å². The van der Waals surface area contributed by atoms with Crippen molar-refractivity contribution in [1.29, 1.82) is 0 Å². The molecule has 6 nitrogen and oxygen atoms in total. The first-order valence-electron chi connectivity index (χ1n) is 5.92. The minimum atomic E-state index is -4.73. The summed E-state index contributed by atoms with van der Waals surface area (Å²) in [5.74, 6) is 0. The third kappa shape index (κ3) is 4.18. The van der Waals surface area contributed by atoms with Gasteiger partial charge in [0, 0.05) is 0 Å². The summed E-state index contributed by atoms with van der Waals surface area (Å²) in [5.41, 5.74) is 0.534. The first kappa shape index (κ1) is 16.9. The van der Waals surface area contributed by atoms with Crippen molar-refractivity contribution in [3.05, 3.63) is 11.4 Å². The van der Waals surface area contributed by atoms with Crippen LogP contribution >= 0.6 is 0 Å². The molecule has 2 N–H and O–H groups in total. The molecule has 0 fully saturated rings. The summed E-state index contributed by atoms with van der Waals surface area (Å²) in [4.78, 5) is -0.102. The highest BCUT2D eigenvalue weighted by Gasteiger charge is 2.29. The Balaban J connectivity index is 3.07. The van der Waals surface area contributed by atoms with Gasteiger partial charge in [0.15, 0.2) is 0 Å². The van der Waals surface area contributed by atoms with Gasteiger partial charge in [-0.25, -0.2) is 13.6 Å². The van der Waals surface area contributed by atoms with Gasteiger partial charge in [-0.2, -0.15) is 5.10 Å². The lowest BCUT2D eigenvalue weighted by atomic mass is 10.2. The van der Waals surface area contributed by atoms with Gasteiger partial charge in [0.1, 0.15) is 4.90 Å². The molecule has 0 saturated heterocycles. The summed E-state index contributed by atoms with van der Waals surface area (Å²) in [5, 5.41) is 9.12. The van der Waals surface area contributed by atoms with Crippen molar-refractivity contribution < 1.29 is 26.3 Å². The number of halogens is 3. The van der Waals surface area contributed by atoms with Crippen LogP contribution in [0.25, 0.3) is 0 Å². The lowest BCUT2D eigenvalue weighted by molar-refractivity contribution is -0.325. The maximum Gasteiger partial charge on any atom is 0.522 e. The van der Waals surface area contributed by atoms with E-state index >= 15 is 0 Å². The second-order valence-electron chi connectivity index (χ2n) is 3.99. The molecule has 0 aromatic carbocycles. The molecule has 0 bridgehead atoms. The van der Waals surface area contributed by atoms with E-state index in [2.05, 4.69) is 9.84 Å². The number of hydrogen-bond acceptors (Lipinski definition) is 4. The van der Waals surface area contributed by atoms with Crippen LogP contribution in [0.4, 0.5) is 13.2 Å². The number of rotatable bonds is 6. The molecule has 0 unspecified atom stereocenters. The number of nitrogens with two attached hydrogens (primary N) is 1. The van der Waals surface area contributed by atoms with E-state index in [-0.39, 0.29) is 29.2 Å². The Morgan fingerprint density at radius 3 is 2.30 bits per heavy atom. The largest absolute Gasteiger partial charge is 0.522 e. The molecular formula is C10H16F3N3O3S. The zero-order valence-electron chi connectivity index (χ0n) is 11.1. The molecule has 1 aromatic rings. The fraction of sp³-hybridized carbons (Fsp3) is 0.700. The van der Waals surface area contributed by atoms with Crippen molar-refractivity contribution in [2.24, 2.45) is 5.14 Å². The standard InChI is InChI=1S/C10H16F3N3O3S/c1-3-7-9(20(14,17)18)8(4-2)16(15-7)5-6-19-10(11,12)13/h3-6H2,1-2H3,(H2,14,17,18). The Morgan fingerprint density at radius 2 is 1.90 bits per heavy atom. The molecule has 0 amide bonds. The number of aromatic nitrogens is 2. The first-order valence-corrected chi connectivity index (χ1v) is 7.46. The summed E-state index contributed by atoms with van der Waals surface area (Å²) in [6.07, 6.45) is -4.13. The van der Waals surface area contributed by atoms with Gasteiger partial charge in [0.25, 0.3) is 0 Å². The molecular weight excluding hydrogens is 299 g/mol. The minimum absolute atomic E-state index is 0.102. The Morgan fingerprint density at radius 1 is 1.30 bits per heavy atom. The predicted octanol–water partition coefficient (Wildman–Crippen LogP) is 1.19. The molecule has 0 radical (unpaired) electrons. The molecule has 0 atom stereocenters. The summed E-state index contributed by atoms with van der Waals surface area (Å²) in [6, 6.07) is 0. The van der Waals surface area contributed by atoms with Gasteiger partial charge in [-0.05, 0) is 12.8 Å². The quantitative estimate of drug-likeness (QED) is 0.854. The summed E-state index contributed by atoms with van der Waals surface area (Å²) in [6.45, 7) is 2.51. The monoisotopic (exact) mass is 315 g/mol. The highest BCUT2D eigenvalue weighted by molar-refractivity contribution is 7.89.